The molecule has 0 aliphatic carbocycles. The SMILES string of the molecule is Cl.O=C1N[C@H](C(=O)NCC(N2CCNCC2)C(F)(F)F)CS1. The molecule has 0 aromatic rings. The molecule has 2 saturated heterocycles. The van der Waals surface area contributed by atoms with Crippen LogP contribution >= 0.6 is 24.2 Å². The smallest absolute Gasteiger partial charge is 0.352 e. The predicted octanol–water partition coefficient (Wildman–Crippen LogP) is 0.185. The van der Waals surface area contributed by atoms with Gasteiger partial charge in [0.25, 0.3) is 5.24 Å². The number of carbonyl (C=O) groups is 2. The van der Waals surface area contributed by atoms with E-state index in [4.69, 9.17) is 0 Å². The molecule has 2 heterocycles. The van der Waals surface area contributed by atoms with Crippen molar-refractivity contribution >= 4 is 35.3 Å². The second kappa shape index (κ2) is 8.23. The Hall–Kier alpha value is -0.710. The summed E-state index contributed by atoms with van der Waals surface area (Å²) in [4.78, 5) is 24.1. The van der Waals surface area contributed by atoms with Crippen molar-refractivity contribution in [3.63, 3.8) is 0 Å². The van der Waals surface area contributed by atoms with Gasteiger partial charge in [0.15, 0.2) is 0 Å². The molecule has 0 bridgehead atoms. The van der Waals surface area contributed by atoms with E-state index in [0.29, 0.717) is 13.1 Å². The van der Waals surface area contributed by atoms with Crippen molar-refractivity contribution in [3.8, 4) is 0 Å². The Labute approximate surface area is 136 Å². The molecule has 11 heteroatoms. The maximum absolute atomic E-state index is 13.1. The second-order valence-electron chi connectivity index (χ2n) is 4.88. The third-order valence-electron chi connectivity index (χ3n) is 3.43. The highest BCUT2D eigenvalue weighted by Gasteiger charge is 2.44. The fourth-order valence-electron chi connectivity index (χ4n) is 2.29. The highest BCUT2D eigenvalue weighted by molar-refractivity contribution is 8.14. The Balaban J connectivity index is 0.00000242. The number of nitrogens with one attached hydrogen (secondary N) is 3. The lowest BCUT2D eigenvalue weighted by molar-refractivity contribution is -0.184. The van der Waals surface area contributed by atoms with Crippen molar-refractivity contribution < 1.29 is 22.8 Å². The van der Waals surface area contributed by atoms with E-state index in [1.54, 1.807) is 0 Å². The van der Waals surface area contributed by atoms with Gasteiger partial charge in [-0.1, -0.05) is 11.8 Å². The standard InChI is InChI=1S/C11H17F3N4O2S.ClH/c12-11(13,14)8(18-3-1-15-2-4-18)5-16-9(19)7-6-21-10(20)17-7;/h7-8,15H,1-6H2,(H,16,19)(H,17,20);1H/t7-,8?;/m0./s1. The normalized spacial score (nSPS) is 24.3. The molecule has 128 valence electrons. The quantitative estimate of drug-likeness (QED) is 0.665. The third-order valence-corrected chi connectivity index (χ3v) is 4.31. The number of hydrogen-bond donors (Lipinski definition) is 3. The lowest BCUT2D eigenvalue weighted by Crippen LogP contribution is -2.58. The van der Waals surface area contributed by atoms with Crippen LogP contribution < -0.4 is 16.0 Å². The molecular weight excluding hydrogens is 345 g/mol. The maximum atomic E-state index is 13.1. The van der Waals surface area contributed by atoms with Crippen molar-refractivity contribution in [2.24, 2.45) is 0 Å². The van der Waals surface area contributed by atoms with Gasteiger partial charge < -0.3 is 16.0 Å². The lowest BCUT2D eigenvalue weighted by Gasteiger charge is -2.36. The minimum absolute atomic E-state index is 0. The average molecular weight is 363 g/mol. The van der Waals surface area contributed by atoms with Gasteiger partial charge in [0, 0.05) is 38.5 Å². The molecule has 1 unspecified atom stereocenters. The molecule has 3 N–H and O–H groups in total. The lowest BCUT2D eigenvalue weighted by atomic mass is 10.2. The first-order valence-electron chi connectivity index (χ1n) is 6.60. The monoisotopic (exact) mass is 362 g/mol. The molecule has 22 heavy (non-hydrogen) atoms. The topological polar surface area (TPSA) is 73.5 Å². The molecule has 0 spiro atoms. The first kappa shape index (κ1) is 19.3. The molecule has 2 aliphatic rings. The summed E-state index contributed by atoms with van der Waals surface area (Å²) in [5.41, 5.74) is 0. The van der Waals surface area contributed by atoms with Crippen molar-refractivity contribution in [1.82, 2.24) is 20.9 Å². The average Bonchev–Trinajstić information content (AvgIpc) is 2.85. The minimum atomic E-state index is -4.40. The van der Waals surface area contributed by atoms with Gasteiger partial charge in [0.1, 0.15) is 12.1 Å². The Morgan fingerprint density at radius 1 is 1.41 bits per heavy atom. The first-order chi connectivity index (χ1) is 9.88. The van der Waals surface area contributed by atoms with E-state index in [-0.39, 0.29) is 36.5 Å². The number of nitrogens with zero attached hydrogens (tertiary/aromatic N) is 1. The molecule has 0 aromatic carbocycles. The summed E-state index contributed by atoms with van der Waals surface area (Å²) >= 11 is 0.950. The van der Waals surface area contributed by atoms with Crippen molar-refractivity contribution in [2.75, 3.05) is 38.5 Å². The number of halogens is 4. The van der Waals surface area contributed by atoms with Gasteiger partial charge in [-0.05, 0) is 0 Å². The summed E-state index contributed by atoms with van der Waals surface area (Å²) < 4.78 is 39.3. The number of piperazine rings is 1. The predicted molar refractivity (Wildman–Crippen MR) is 79.3 cm³/mol. The van der Waals surface area contributed by atoms with Crippen LogP contribution in [0.15, 0.2) is 0 Å². The molecule has 2 amide bonds. The Morgan fingerprint density at radius 2 is 2.05 bits per heavy atom. The molecule has 2 rings (SSSR count). The van der Waals surface area contributed by atoms with Crippen LogP contribution in [0.25, 0.3) is 0 Å². The van der Waals surface area contributed by atoms with Gasteiger partial charge in [-0.25, -0.2) is 0 Å². The Bertz CT molecular complexity index is 407. The van der Waals surface area contributed by atoms with Gasteiger partial charge in [0.05, 0.1) is 0 Å². The molecular formula is C11H18ClF3N4O2S. The van der Waals surface area contributed by atoms with Crippen LogP contribution in [0.1, 0.15) is 0 Å². The zero-order chi connectivity index (χ0) is 15.5. The number of amides is 2. The van der Waals surface area contributed by atoms with Crippen LogP contribution in [0.5, 0.6) is 0 Å². The van der Waals surface area contributed by atoms with Crippen molar-refractivity contribution in [1.29, 1.82) is 0 Å². The van der Waals surface area contributed by atoms with E-state index in [1.165, 1.54) is 4.90 Å². The van der Waals surface area contributed by atoms with E-state index < -0.39 is 30.7 Å². The zero-order valence-electron chi connectivity index (χ0n) is 11.6. The summed E-state index contributed by atoms with van der Waals surface area (Å²) in [5, 5.41) is 7.36. The van der Waals surface area contributed by atoms with E-state index in [2.05, 4.69) is 16.0 Å². The second-order valence-corrected chi connectivity index (χ2v) is 5.88. The molecule has 2 atom stereocenters. The fraction of sp³-hybridized carbons (Fsp3) is 0.818. The van der Waals surface area contributed by atoms with E-state index in [9.17, 15) is 22.8 Å². The molecule has 6 nitrogen and oxygen atoms in total. The number of thioether (sulfide) groups is 1. The summed E-state index contributed by atoms with van der Waals surface area (Å²) in [7, 11) is 0. The van der Waals surface area contributed by atoms with E-state index in [1.807, 2.05) is 0 Å². The van der Waals surface area contributed by atoms with Crippen LogP contribution in [-0.2, 0) is 4.79 Å². The van der Waals surface area contributed by atoms with E-state index in [0.717, 1.165) is 11.8 Å². The molecule has 2 aliphatic heterocycles. The van der Waals surface area contributed by atoms with Gasteiger partial charge in [0.2, 0.25) is 5.91 Å². The summed E-state index contributed by atoms with van der Waals surface area (Å²) in [6.07, 6.45) is -4.40. The van der Waals surface area contributed by atoms with Crippen molar-refractivity contribution in [3.05, 3.63) is 0 Å². The number of carbonyl (C=O) groups excluding carboxylic acids is 2. The summed E-state index contributed by atoms with van der Waals surface area (Å²) in [6, 6.07) is -2.45. The van der Waals surface area contributed by atoms with Crippen LogP contribution in [0.4, 0.5) is 18.0 Å². The van der Waals surface area contributed by atoms with E-state index >= 15 is 0 Å². The summed E-state index contributed by atoms with van der Waals surface area (Å²) in [5.74, 6) is -0.327. The highest BCUT2D eigenvalue weighted by Crippen LogP contribution is 2.25. The van der Waals surface area contributed by atoms with Crippen LogP contribution in [0.3, 0.4) is 0 Å². The van der Waals surface area contributed by atoms with Gasteiger partial charge in [-0.15, -0.1) is 12.4 Å². The first-order valence-corrected chi connectivity index (χ1v) is 7.59. The van der Waals surface area contributed by atoms with Crippen LogP contribution in [0.2, 0.25) is 0 Å². The molecule has 0 saturated carbocycles. The highest BCUT2D eigenvalue weighted by atomic mass is 35.5. The van der Waals surface area contributed by atoms with Gasteiger partial charge >= 0.3 is 6.18 Å². The Morgan fingerprint density at radius 3 is 2.55 bits per heavy atom. The Kier molecular flexibility index (Phi) is 7.23. The summed E-state index contributed by atoms with van der Waals surface area (Å²) in [6.45, 7) is 1.07. The minimum Gasteiger partial charge on any atom is -0.352 e. The number of hydrogen-bond acceptors (Lipinski definition) is 5. The zero-order valence-corrected chi connectivity index (χ0v) is 13.2. The molecule has 0 aromatic heterocycles. The van der Waals surface area contributed by atoms with Crippen molar-refractivity contribution in [2.45, 2.75) is 18.3 Å². The largest absolute Gasteiger partial charge is 0.405 e. The third kappa shape index (κ3) is 5.18. The fourth-order valence-corrected chi connectivity index (χ4v) is 3.07. The van der Waals surface area contributed by atoms with Gasteiger partial charge in [-0.2, -0.15) is 13.2 Å². The molecule has 0 radical (unpaired) electrons. The van der Waals surface area contributed by atoms with Gasteiger partial charge in [-0.3, -0.25) is 14.5 Å². The number of alkyl halides is 3. The van der Waals surface area contributed by atoms with Crippen LogP contribution in [0, 0.1) is 0 Å². The maximum Gasteiger partial charge on any atom is 0.405 e. The van der Waals surface area contributed by atoms with Crippen LogP contribution in [-0.4, -0.2) is 72.8 Å². The molecule has 2 fully saturated rings. The number of rotatable bonds is 4.